The van der Waals surface area contributed by atoms with Crippen LogP contribution in [0.25, 0.3) is 5.57 Å². The van der Waals surface area contributed by atoms with Gasteiger partial charge < -0.3 is 0 Å². The van der Waals surface area contributed by atoms with Gasteiger partial charge in [0, 0.05) is 4.47 Å². The van der Waals surface area contributed by atoms with Crippen molar-refractivity contribution in [1.29, 1.82) is 10.5 Å². The number of nitrogens with zero attached hydrogens (tertiary/aromatic N) is 2. The number of rotatable bonds is 1. The van der Waals surface area contributed by atoms with E-state index < -0.39 is 0 Å². The molecule has 1 aromatic rings. The molecule has 0 spiro atoms. The Morgan fingerprint density at radius 1 is 1.14 bits per heavy atom. The van der Waals surface area contributed by atoms with Crippen molar-refractivity contribution in [1.82, 2.24) is 0 Å². The lowest BCUT2D eigenvalue weighted by Crippen LogP contribution is -1.84. The van der Waals surface area contributed by atoms with Gasteiger partial charge >= 0.3 is 0 Å². The van der Waals surface area contributed by atoms with Crippen LogP contribution in [0, 0.1) is 22.7 Å². The second-order valence-electron chi connectivity index (χ2n) is 2.73. The lowest BCUT2D eigenvalue weighted by atomic mass is 10.0. The topological polar surface area (TPSA) is 47.6 Å². The second kappa shape index (κ2) is 4.60. The summed E-state index contributed by atoms with van der Waals surface area (Å²) in [5.74, 6) is 0. The molecule has 2 nitrogen and oxygen atoms in total. The Kier molecular flexibility index (Phi) is 3.45. The van der Waals surface area contributed by atoms with E-state index in [1.54, 1.807) is 6.92 Å². The quantitative estimate of drug-likeness (QED) is 0.715. The molecule has 0 aliphatic carbocycles. The molecule has 3 heteroatoms. The molecule has 0 radical (unpaired) electrons. The first-order valence-electron chi connectivity index (χ1n) is 3.96. The van der Waals surface area contributed by atoms with Crippen LogP contribution in [0.4, 0.5) is 0 Å². The van der Waals surface area contributed by atoms with E-state index in [4.69, 9.17) is 10.5 Å². The molecule has 0 aliphatic heterocycles. The summed E-state index contributed by atoms with van der Waals surface area (Å²) in [7, 11) is 0. The summed E-state index contributed by atoms with van der Waals surface area (Å²) in [4.78, 5) is 0. The molecule has 0 saturated carbocycles. The Labute approximate surface area is 91.2 Å². The van der Waals surface area contributed by atoms with Gasteiger partial charge in [-0.25, -0.2) is 0 Å². The average molecular weight is 247 g/mol. The Balaban J connectivity index is 3.21. The normalized spacial score (nSPS) is 8.57. The molecule has 68 valence electrons. The highest BCUT2D eigenvalue weighted by molar-refractivity contribution is 9.10. The first-order valence-corrected chi connectivity index (χ1v) is 4.75. The minimum atomic E-state index is 0.160. The van der Waals surface area contributed by atoms with Crippen LogP contribution in [0.2, 0.25) is 0 Å². The first-order chi connectivity index (χ1) is 6.69. The number of halogens is 1. The zero-order valence-electron chi connectivity index (χ0n) is 7.58. The van der Waals surface area contributed by atoms with Crippen molar-refractivity contribution in [3.63, 3.8) is 0 Å². The van der Waals surface area contributed by atoms with Gasteiger partial charge in [-0.15, -0.1) is 0 Å². The lowest BCUT2D eigenvalue weighted by molar-refractivity contribution is 1.44. The summed E-state index contributed by atoms with van der Waals surface area (Å²) in [6.45, 7) is 1.77. The Hall–Kier alpha value is -1.58. The van der Waals surface area contributed by atoms with Crippen molar-refractivity contribution in [3.05, 3.63) is 39.9 Å². The van der Waals surface area contributed by atoms with Gasteiger partial charge in [-0.3, -0.25) is 0 Å². The molecule has 0 saturated heterocycles. The van der Waals surface area contributed by atoms with Crippen molar-refractivity contribution < 1.29 is 0 Å². The van der Waals surface area contributed by atoms with Gasteiger partial charge in [0.2, 0.25) is 0 Å². The molecule has 0 aliphatic rings. The molecular formula is C11H7BrN2. The summed E-state index contributed by atoms with van der Waals surface area (Å²) >= 11 is 3.32. The average Bonchev–Trinajstić information content (AvgIpc) is 2.20. The van der Waals surface area contributed by atoms with E-state index in [0.717, 1.165) is 10.0 Å². The van der Waals surface area contributed by atoms with Crippen molar-refractivity contribution in [3.8, 4) is 12.1 Å². The summed E-state index contributed by atoms with van der Waals surface area (Å²) in [5, 5.41) is 17.3. The smallest absolute Gasteiger partial charge is 0.133 e. The highest BCUT2D eigenvalue weighted by Crippen LogP contribution is 2.19. The number of nitriles is 2. The maximum Gasteiger partial charge on any atom is 0.133 e. The molecule has 14 heavy (non-hydrogen) atoms. The highest BCUT2D eigenvalue weighted by atomic mass is 79.9. The number of hydrogen-bond donors (Lipinski definition) is 0. The molecule has 0 bridgehead atoms. The third-order valence-corrected chi connectivity index (χ3v) is 2.40. The minimum absolute atomic E-state index is 0.160. The predicted molar refractivity (Wildman–Crippen MR) is 58.0 cm³/mol. The molecule has 0 unspecified atom stereocenters. The second-order valence-corrected chi connectivity index (χ2v) is 3.65. The molecule has 0 N–H and O–H groups in total. The third-order valence-electron chi connectivity index (χ3n) is 1.88. The van der Waals surface area contributed by atoms with E-state index in [1.165, 1.54) is 0 Å². The van der Waals surface area contributed by atoms with E-state index in [-0.39, 0.29) is 5.57 Å². The maximum absolute atomic E-state index is 8.67. The largest absolute Gasteiger partial charge is 0.192 e. The Morgan fingerprint density at radius 3 is 2.07 bits per heavy atom. The molecule has 0 aromatic heterocycles. The molecule has 0 fully saturated rings. The fourth-order valence-electron chi connectivity index (χ4n) is 1.04. The molecule has 0 atom stereocenters. The Morgan fingerprint density at radius 2 is 1.64 bits per heavy atom. The van der Waals surface area contributed by atoms with Crippen LogP contribution in [0.5, 0.6) is 0 Å². The van der Waals surface area contributed by atoms with Crippen LogP contribution in [-0.4, -0.2) is 0 Å². The zero-order chi connectivity index (χ0) is 10.6. The summed E-state index contributed by atoms with van der Waals surface area (Å²) in [6.07, 6.45) is 0. The molecule has 0 heterocycles. The number of hydrogen-bond acceptors (Lipinski definition) is 2. The van der Waals surface area contributed by atoms with Crippen molar-refractivity contribution in [2.75, 3.05) is 0 Å². The molecule has 1 aromatic carbocycles. The number of allylic oxidation sites excluding steroid dienone is 2. The van der Waals surface area contributed by atoms with Gasteiger partial charge in [0.05, 0.1) is 0 Å². The van der Waals surface area contributed by atoms with Gasteiger partial charge in [-0.05, 0) is 30.2 Å². The maximum atomic E-state index is 8.67. The fraction of sp³-hybridized carbons (Fsp3) is 0.0909. The van der Waals surface area contributed by atoms with E-state index in [1.807, 2.05) is 36.4 Å². The van der Waals surface area contributed by atoms with Crippen molar-refractivity contribution >= 4 is 21.5 Å². The van der Waals surface area contributed by atoms with Crippen molar-refractivity contribution in [2.24, 2.45) is 0 Å². The van der Waals surface area contributed by atoms with E-state index in [9.17, 15) is 0 Å². The molecule has 1 rings (SSSR count). The van der Waals surface area contributed by atoms with E-state index >= 15 is 0 Å². The summed E-state index contributed by atoms with van der Waals surface area (Å²) < 4.78 is 0.976. The van der Waals surface area contributed by atoms with E-state index in [0.29, 0.717) is 5.57 Å². The lowest BCUT2D eigenvalue weighted by Gasteiger charge is -2.00. The van der Waals surface area contributed by atoms with Gasteiger partial charge in [0.25, 0.3) is 0 Å². The van der Waals surface area contributed by atoms with Crippen LogP contribution < -0.4 is 0 Å². The van der Waals surface area contributed by atoms with Gasteiger partial charge in [-0.2, -0.15) is 10.5 Å². The van der Waals surface area contributed by atoms with Crippen LogP contribution in [0.3, 0.4) is 0 Å². The SMILES string of the molecule is CC(=C(C#N)C#N)c1ccc(Br)cc1. The van der Waals surface area contributed by atoms with Crippen LogP contribution in [0.1, 0.15) is 12.5 Å². The summed E-state index contributed by atoms with van der Waals surface area (Å²) in [6, 6.07) is 11.2. The number of benzene rings is 1. The highest BCUT2D eigenvalue weighted by Gasteiger charge is 2.02. The Bertz CT molecular complexity index is 428. The summed E-state index contributed by atoms with van der Waals surface area (Å²) in [5.41, 5.74) is 1.76. The van der Waals surface area contributed by atoms with Crippen LogP contribution in [0.15, 0.2) is 34.3 Å². The van der Waals surface area contributed by atoms with Crippen LogP contribution >= 0.6 is 15.9 Å². The van der Waals surface area contributed by atoms with Crippen LogP contribution in [-0.2, 0) is 0 Å². The molecular weight excluding hydrogens is 240 g/mol. The van der Waals surface area contributed by atoms with Crippen molar-refractivity contribution in [2.45, 2.75) is 6.92 Å². The third kappa shape index (κ3) is 2.22. The van der Waals surface area contributed by atoms with Gasteiger partial charge in [-0.1, -0.05) is 28.1 Å². The fourth-order valence-corrected chi connectivity index (χ4v) is 1.30. The van der Waals surface area contributed by atoms with Gasteiger partial charge in [0.15, 0.2) is 0 Å². The predicted octanol–water partition coefficient (Wildman–Crippen LogP) is 3.27. The first kappa shape index (κ1) is 10.5. The van der Waals surface area contributed by atoms with E-state index in [2.05, 4.69) is 15.9 Å². The monoisotopic (exact) mass is 246 g/mol. The van der Waals surface area contributed by atoms with Gasteiger partial charge in [0.1, 0.15) is 17.7 Å². The molecule has 0 amide bonds. The minimum Gasteiger partial charge on any atom is -0.192 e. The zero-order valence-corrected chi connectivity index (χ0v) is 9.17. The standard InChI is InChI=1S/C11H7BrN2/c1-8(10(6-13)7-14)9-2-4-11(12)5-3-9/h2-5H,1H3.